The van der Waals surface area contributed by atoms with Crippen molar-refractivity contribution in [3.63, 3.8) is 0 Å². The van der Waals surface area contributed by atoms with Gasteiger partial charge in [0.1, 0.15) is 0 Å². The van der Waals surface area contributed by atoms with Gasteiger partial charge in [-0.2, -0.15) is 0 Å². The van der Waals surface area contributed by atoms with E-state index in [1.165, 1.54) is 44.2 Å². The fourth-order valence-corrected chi connectivity index (χ4v) is 2.24. The minimum Gasteiger partial charge on any atom is -0.385 e. The van der Waals surface area contributed by atoms with Crippen molar-refractivity contribution in [2.45, 2.75) is 59.3 Å². The monoisotopic (exact) mass is 269 g/mol. The number of unbranched alkanes of at least 4 members (excludes halogenated alkanes) is 2. The molecule has 2 heteroatoms. The number of rotatable bonds is 8. The van der Waals surface area contributed by atoms with Gasteiger partial charge in [0.15, 0.2) is 0 Å². The molecule has 0 unspecified atom stereocenters. The van der Waals surface area contributed by atoms with Gasteiger partial charge in [-0.15, -0.1) is 12.4 Å². The van der Waals surface area contributed by atoms with E-state index in [0.717, 1.165) is 6.54 Å². The molecular weight excluding hydrogens is 242 g/mol. The first-order valence-corrected chi connectivity index (χ1v) is 7.18. The van der Waals surface area contributed by atoms with Crippen LogP contribution in [0.5, 0.6) is 0 Å². The summed E-state index contributed by atoms with van der Waals surface area (Å²) in [5.74, 6) is 0. The Morgan fingerprint density at radius 2 is 1.61 bits per heavy atom. The van der Waals surface area contributed by atoms with Crippen molar-refractivity contribution < 1.29 is 0 Å². The third-order valence-electron chi connectivity index (χ3n) is 3.22. The first-order valence-electron chi connectivity index (χ1n) is 7.18. The third kappa shape index (κ3) is 5.30. The minimum atomic E-state index is 0. The number of anilines is 1. The molecule has 1 aromatic carbocycles. The van der Waals surface area contributed by atoms with Gasteiger partial charge in [0.25, 0.3) is 0 Å². The molecular formula is C16H28ClN. The summed E-state index contributed by atoms with van der Waals surface area (Å²) in [7, 11) is 0. The molecule has 0 spiro atoms. The van der Waals surface area contributed by atoms with Gasteiger partial charge in [0, 0.05) is 12.2 Å². The maximum Gasteiger partial charge on any atom is 0.0375 e. The first kappa shape index (κ1) is 17.3. The highest BCUT2D eigenvalue weighted by Gasteiger charge is 2.07. The Balaban J connectivity index is 0.00000289. The van der Waals surface area contributed by atoms with E-state index in [1.54, 1.807) is 11.1 Å². The summed E-state index contributed by atoms with van der Waals surface area (Å²) in [5, 5.41) is 3.50. The molecule has 1 nitrogen and oxygen atoms in total. The van der Waals surface area contributed by atoms with Gasteiger partial charge in [0.05, 0.1) is 0 Å². The van der Waals surface area contributed by atoms with E-state index >= 15 is 0 Å². The zero-order chi connectivity index (χ0) is 12.5. The van der Waals surface area contributed by atoms with Crippen LogP contribution >= 0.6 is 12.4 Å². The van der Waals surface area contributed by atoms with E-state index in [2.05, 4.69) is 44.3 Å². The molecule has 0 radical (unpaired) electrons. The Labute approximate surface area is 119 Å². The molecule has 0 fully saturated rings. The van der Waals surface area contributed by atoms with Crippen LogP contribution < -0.4 is 5.32 Å². The summed E-state index contributed by atoms with van der Waals surface area (Å²) in [4.78, 5) is 0. The van der Waals surface area contributed by atoms with E-state index in [4.69, 9.17) is 0 Å². The lowest BCUT2D eigenvalue weighted by atomic mass is 9.96. The Morgan fingerprint density at radius 3 is 2.22 bits per heavy atom. The van der Waals surface area contributed by atoms with Gasteiger partial charge in [-0.3, -0.25) is 0 Å². The molecule has 0 saturated heterocycles. The summed E-state index contributed by atoms with van der Waals surface area (Å²) in [6, 6.07) is 6.73. The molecule has 0 aliphatic heterocycles. The van der Waals surface area contributed by atoms with Gasteiger partial charge in [-0.05, 0) is 49.8 Å². The molecule has 0 aromatic heterocycles. The van der Waals surface area contributed by atoms with Crippen LogP contribution in [0.25, 0.3) is 0 Å². The van der Waals surface area contributed by atoms with Crippen LogP contribution in [0.3, 0.4) is 0 Å². The molecule has 0 amide bonds. The molecule has 1 aromatic rings. The molecule has 0 saturated carbocycles. The maximum atomic E-state index is 3.50. The van der Waals surface area contributed by atoms with Crippen molar-refractivity contribution in [2.24, 2.45) is 0 Å². The van der Waals surface area contributed by atoms with Gasteiger partial charge in [-0.25, -0.2) is 0 Å². The molecule has 0 aliphatic carbocycles. The van der Waals surface area contributed by atoms with Crippen LogP contribution in [0.2, 0.25) is 0 Å². The summed E-state index contributed by atoms with van der Waals surface area (Å²) in [5.41, 5.74) is 4.47. The summed E-state index contributed by atoms with van der Waals surface area (Å²) in [6.07, 6.45) is 7.59. The summed E-state index contributed by atoms with van der Waals surface area (Å²) >= 11 is 0. The minimum absolute atomic E-state index is 0. The van der Waals surface area contributed by atoms with Crippen LogP contribution in [0.4, 0.5) is 5.69 Å². The normalized spacial score (nSPS) is 9.94. The SMILES string of the molecule is CCCCc1cccc(NCC)c1CCCC.Cl. The quantitative estimate of drug-likeness (QED) is 0.682. The van der Waals surface area contributed by atoms with Gasteiger partial charge < -0.3 is 5.32 Å². The lowest BCUT2D eigenvalue weighted by Gasteiger charge is -2.15. The number of hydrogen-bond acceptors (Lipinski definition) is 1. The highest BCUT2D eigenvalue weighted by molar-refractivity contribution is 5.85. The van der Waals surface area contributed by atoms with E-state index < -0.39 is 0 Å². The largest absolute Gasteiger partial charge is 0.385 e. The molecule has 104 valence electrons. The molecule has 0 aliphatic rings. The van der Waals surface area contributed by atoms with Crippen LogP contribution in [-0.4, -0.2) is 6.54 Å². The van der Waals surface area contributed by atoms with Crippen LogP contribution in [0, 0.1) is 0 Å². The Kier molecular flexibility index (Phi) is 9.86. The topological polar surface area (TPSA) is 12.0 Å². The molecule has 18 heavy (non-hydrogen) atoms. The van der Waals surface area contributed by atoms with E-state index in [9.17, 15) is 0 Å². The third-order valence-corrected chi connectivity index (χ3v) is 3.22. The van der Waals surface area contributed by atoms with Crippen molar-refractivity contribution in [2.75, 3.05) is 11.9 Å². The summed E-state index contributed by atoms with van der Waals surface area (Å²) in [6.45, 7) is 7.71. The average Bonchev–Trinajstić information content (AvgIpc) is 2.35. The Morgan fingerprint density at radius 1 is 0.944 bits per heavy atom. The fraction of sp³-hybridized carbons (Fsp3) is 0.625. The lowest BCUT2D eigenvalue weighted by Crippen LogP contribution is -2.04. The van der Waals surface area contributed by atoms with Crippen LogP contribution in [0.1, 0.15) is 57.6 Å². The maximum absolute atomic E-state index is 3.50. The van der Waals surface area contributed by atoms with Crippen molar-refractivity contribution in [1.29, 1.82) is 0 Å². The van der Waals surface area contributed by atoms with Crippen LogP contribution in [0.15, 0.2) is 18.2 Å². The number of aryl methyl sites for hydroxylation is 1. The Hall–Kier alpha value is -0.690. The number of halogens is 1. The standard InChI is InChI=1S/C16H27N.ClH/c1-4-7-10-14-11-9-13-16(17-6-3)15(14)12-8-5-2;/h9,11,13,17H,4-8,10,12H2,1-3H3;1H. The molecule has 1 N–H and O–H groups in total. The van der Waals surface area contributed by atoms with Crippen molar-refractivity contribution in [1.82, 2.24) is 0 Å². The predicted octanol–water partition coefficient (Wildman–Crippen LogP) is 5.23. The van der Waals surface area contributed by atoms with Gasteiger partial charge >= 0.3 is 0 Å². The highest BCUT2D eigenvalue weighted by atomic mass is 35.5. The fourth-order valence-electron chi connectivity index (χ4n) is 2.24. The van der Waals surface area contributed by atoms with Crippen molar-refractivity contribution >= 4 is 18.1 Å². The molecule has 0 bridgehead atoms. The zero-order valence-corrected chi connectivity index (χ0v) is 12.9. The van der Waals surface area contributed by atoms with Gasteiger partial charge in [-0.1, -0.05) is 38.8 Å². The van der Waals surface area contributed by atoms with Crippen LogP contribution in [-0.2, 0) is 12.8 Å². The van der Waals surface area contributed by atoms with Crippen molar-refractivity contribution in [3.05, 3.63) is 29.3 Å². The first-order chi connectivity index (χ1) is 8.33. The second kappa shape index (κ2) is 10.3. The zero-order valence-electron chi connectivity index (χ0n) is 12.1. The molecule has 0 heterocycles. The molecule has 1 rings (SSSR count). The smallest absolute Gasteiger partial charge is 0.0375 e. The number of benzene rings is 1. The van der Waals surface area contributed by atoms with E-state index in [0.29, 0.717) is 0 Å². The predicted molar refractivity (Wildman–Crippen MR) is 85.1 cm³/mol. The van der Waals surface area contributed by atoms with Gasteiger partial charge in [0.2, 0.25) is 0 Å². The highest BCUT2D eigenvalue weighted by Crippen LogP contribution is 2.23. The van der Waals surface area contributed by atoms with E-state index in [-0.39, 0.29) is 12.4 Å². The second-order valence-electron chi connectivity index (χ2n) is 4.68. The molecule has 0 atom stereocenters. The average molecular weight is 270 g/mol. The Bertz CT molecular complexity index is 323. The number of hydrogen-bond donors (Lipinski definition) is 1. The second-order valence-corrected chi connectivity index (χ2v) is 4.68. The van der Waals surface area contributed by atoms with Crippen molar-refractivity contribution in [3.8, 4) is 0 Å². The summed E-state index contributed by atoms with van der Waals surface area (Å²) < 4.78 is 0. The van der Waals surface area contributed by atoms with E-state index in [1.807, 2.05) is 0 Å². The lowest BCUT2D eigenvalue weighted by molar-refractivity contribution is 0.758. The number of nitrogens with one attached hydrogen (secondary N) is 1.